The van der Waals surface area contributed by atoms with Gasteiger partial charge in [0.15, 0.2) is 0 Å². The van der Waals surface area contributed by atoms with E-state index in [1.165, 1.54) is 30.3 Å². The van der Waals surface area contributed by atoms with Gasteiger partial charge in [-0.1, -0.05) is 66.7 Å². The standard InChI is InChI=1S/C26H24N4O2.C24H22N4O2.C18H15F3N2O4S.C11H5F6NO6S2.C9H7NO2/c1-32-21-11-6-19(7-12-21)17-28-25-14-10-20-16-18(8-13-23(20)29-25)9-15-26(31)30-24-5-3-2-4-22(24)27;1-30-19-10-6-16(7-11-19)15-26-23-13-9-17-14-18(8-12-21(17)27-23)24(29)28-22-5-3-2-4-20(22)25;1-26-14-5-2-12(3-6-14)11-22-17-9-4-13-10-15(7-8-16(13)23-17)27-28(24,25)18(19,20)21;12-10(13,14)25(19,20)23-7-2-3-8-6(5-7)1-4-9(18-8)24-26(21,22)11(15,16)17;11-7-2-3-8-6(5-7)1-4-9(12)10-8/h2-16H,17,27H2,1H3,(H,28,29)(H,30,31);2-14H,15,25H2,1H3,(H,26,27)(H,28,29);2-10H,11H2,1H3,(H,22,23);1-5H;1-5,11H,(H,10,12)/b15-9+;;;;. The van der Waals surface area contributed by atoms with Gasteiger partial charge in [0.2, 0.25) is 17.3 Å². The number of H-pyrrole nitrogens is 1. The number of nitrogens with one attached hydrogen (secondary N) is 6. The molecular formula is C88H73F9N12O16S3. The molecule has 40 heteroatoms. The molecule has 28 nitrogen and oxygen atoms in total. The number of rotatable bonds is 23. The van der Waals surface area contributed by atoms with E-state index in [1.54, 1.807) is 88.1 Å². The van der Waals surface area contributed by atoms with Crippen LogP contribution in [0.3, 0.4) is 0 Å². The summed E-state index contributed by atoms with van der Waals surface area (Å²) < 4.78 is 204. The molecule has 128 heavy (non-hydrogen) atoms. The molecule has 0 fully saturated rings. The molecule has 15 rings (SSSR count). The average molecular weight is 1820 g/mol. The lowest BCUT2D eigenvalue weighted by atomic mass is 10.1. The molecular weight excluding hydrogens is 1750 g/mol. The van der Waals surface area contributed by atoms with Crippen molar-refractivity contribution < 1.29 is 106 Å². The number of nitrogens with zero attached hydrogens (tertiary/aromatic N) is 4. The normalized spacial score (nSPS) is 11.6. The number of methoxy groups -OCH3 is 3. The first-order valence-corrected chi connectivity index (χ1v) is 41.6. The number of hydrogen-bond acceptors (Lipinski definition) is 25. The first-order valence-electron chi connectivity index (χ1n) is 37.4. The van der Waals surface area contributed by atoms with E-state index in [9.17, 15) is 79.2 Å². The number of halogens is 9. The zero-order valence-electron chi connectivity index (χ0n) is 66.9. The van der Waals surface area contributed by atoms with E-state index < -0.39 is 64.3 Å². The van der Waals surface area contributed by atoms with Gasteiger partial charge >= 0.3 is 46.9 Å². The fourth-order valence-electron chi connectivity index (χ4n) is 11.4. The molecule has 0 atom stereocenters. The average Bonchev–Trinajstić information content (AvgIpc) is 0.796. The number of hydrogen-bond donors (Lipinski definition) is 9. The van der Waals surface area contributed by atoms with Gasteiger partial charge < -0.3 is 74.9 Å². The third-order valence-corrected chi connectivity index (χ3v) is 20.8. The van der Waals surface area contributed by atoms with Gasteiger partial charge in [0.05, 0.1) is 66.1 Å². The Hall–Kier alpha value is -15.5. The summed E-state index contributed by atoms with van der Waals surface area (Å²) >= 11 is 0. The first-order chi connectivity index (χ1) is 60.8. The molecule has 5 heterocycles. The minimum Gasteiger partial charge on any atom is -0.508 e. The van der Waals surface area contributed by atoms with Crippen LogP contribution < -0.4 is 70.4 Å². The SMILES string of the molecule is COc1ccc(CNc2ccc3cc(/C=C/C(=O)Nc4ccccc4N)ccc3n2)cc1.COc1ccc(CNc2ccc3cc(C(=O)Nc4ccccc4N)ccc3n2)cc1.COc1ccc(CNc2ccc3cc(OS(=O)(=O)C(F)(F)F)ccc3n2)cc1.O=S(=O)(Oc1ccc2nc(OS(=O)(=O)C(F)(F)F)ccc2c1)C(F)(F)F.O=c1ccc2cc(O)ccc2[nH]1. The molecule has 0 unspecified atom stereocenters. The number of nitrogens with two attached hydrogens (primary N) is 2. The van der Waals surface area contributed by atoms with Crippen LogP contribution in [0.25, 0.3) is 60.6 Å². The van der Waals surface area contributed by atoms with Gasteiger partial charge in [-0.2, -0.15) is 64.8 Å². The molecule has 0 aliphatic carbocycles. The number of aromatic nitrogens is 5. The Balaban J connectivity index is 0.000000158. The Morgan fingerprint density at radius 2 is 0.789 bits per heavy atom. The molecule has 0 saturated carbocycles. The Labute approximate surface area is 723 Å². The number of para-hydroxylation sites is 4. The van der Waals surface area contributed by atoms with Gasteiger partial charge in [0, 0.05) is 75.9 Å². The summed E-state index contributed by atoms with van der Waals surface area (Å²) in [7, 11) is -12.7. The maximum absolute atomic E-state index is 12.6. The lowest BCUT2D eigenvalue weighted by molar-refractivity contribution is -0.111. The zero-order chi connectivity index (χ0) is 92.1. The number of carbonyl (C=O) groups excluding carboxylic acids is 2. The molecule has 0 bridgehead atoms. The van der Waals surface area contributed by atoms with E-state index in [0.717, 1.165) is 114 Å². The second-order valence-electron chi connectivity index (χ2n) is 26.9. The number of amides is 2. The summed E-state index contributed by atoms with van der Waals surface area (Å²) in [5.41, 5.74) is 4.47. The molecule has 0 saturated heterocycles. The first kappa shape index (κ1) is 93.3. The number of nitrogen functional groups attached to an aromatic ring is 2. The van der Waals surface area contributed by atoms with Gasteiger partial charge in [-0.25, -0.2) is 19.9 Å². The van der Waals surface area contributed by atoms with Crippen molar-refractivity contribution >= 4 is 143 Å². The number of benzene rings is 10. The molecule has 5 aromatic heterocycles. The Kier molecular flexibility index (Phi) is 29.8. The quantitative estimate of drug-likeness (QED) is 0.00944. The van der Waals surface area contributed by atoms with Gasteiger partial charge in [0.25, 0.3) is 5.91 Å². The number of fused-ring (bicyclic) bond motifs is 5. The number of pyridine rings is 5. The van der Waals surface area contributed by atoms with Crippen molar-refractivity contribution in [3.63, 3.8) is 0 Å². The largest absolute Gasteiger partial charge is 0.534 e. The molecule has 0 spiro atoms. The fraction of sp³-hybridized carbons (Fsp3) is 0.102. The van der Waals surface area contributed by atoms with Crippen molar-refractivity contribution in [1.82, 2.24) is 24.9 Å². The summed E-state index contributed by atoms with van der Waals surface area (Å²) in [6.07, 6.45) is 3.26. The van der Waals surface area contributed by atoms with E-state index in [2.05, 4.69) is 64.1 Å². The van der Waals surface area contributed by atoms with Gasteiger partial charge in [-0.05, 0) is 222 Å². The van der Waals surface area contributed by atoms with Crippen LogP contribution in [-0.4, -0.2) is 105 Å². The molecule has 2 amide bonds. The minimum absolute atomic E-state index is 0.0587. The highest BCUT2D eigenvalue weighted by atomic mass is 32.2. The number of aromatic amines is 1. The second kappa shape index (κ2) is 40.9. The summed E-state index contributed by atoms with van der Waals surface area (Å²) in [6, 6.07) is 75.6. The highest BCUT2D eigenvalue weighted by Crippen LogP contribution is 2.34. The highest BCUT2D eigenvalue weighted by Gasteiger charge is 2.50. The molecule has 0 aliphatic rings. The Morgan fingerprint density at radius 1 is 0.406 bits per heavy atom. The fourth-order valence-corrected chi connectivity index (χ4v) is 12.7. The second-order valence-corrected chi connectivity index (χ2v) is 31.5. The third-order valence-electron chi connectivity index (χ3n) is 17.9. The number of phenols is 1. The van der Waals surface area contributed by atoms with Crippen molar-refractivity contribution in [2.75, 3.05) is 59.4 Å². The van der Waals surface area contributed by atoms with Crippen LogP contribution in [0, 0.1) is 0 Å². The van der Waals surface area contributed by atoms with Crippen LogP contribution in [0.4, 0.5) is 79.7 Å². The summed E-state index contributed by atoms with van der Waals surface area (Å²) in [4.78, 5) is 55.4. The Bertz CT molecular complexity index is 6890. The van der Waals surface area contributed by atoms with E-state index >= 15 is 0 Å². The molecule has 15 aromatic rings. The van der Waals surface area contributed by atoms with E-state index in [-0.39, 0.29) is 34.0 Å². The van der Waals surface area contributed by atoms with Crippen LogP contribution in [0.1, 0.15) is 32.6 Å². The molecule has 0 radical (unpaired) electrons. The predicted octanol–water partition coefficient (Wildman–Crippen LogP) is 17.8. The summed E-state index contributed by atoms with van der Waals surface area (Å²) in [5, 5.41) is 27.6. The third kappa shape index (κ3) is 25.8. The summed E-state index contributed by atoms with van der Waals surface area (Å²) in [5.74, 6) is 2.17. The molecule has 10 aromatic carbocycles. The number of ether oxygens (including phenoxy) is 3. The van der Waals surface area contributed by atoms with Crippen LogP contribution in [0.15, 0.2) is 284 Å². The maximum atomic E-state index is 12.6. The number of carbonyl (C=O) groups is 2. The van der Waals surface area contributed by atoms with Gasteiger partial charge in [0.1, 0.15) is 52.0 Å². The number of aromatic hydroxyl groups is 1. The number of alkyl halides is 9. The summed E-state index contributed by atoms with van der Waals surface area (Å²) in [6.45, 7) is 1.83. The van der Waals surface area contributed by atoms with Gasteiger partial charge in [-0.15, -0.1) is 0 Å². The lowest BCUT2D eigenvalue weighted by Gasteiger charge is -2.11. The number of phenolic OH excluding ortho intramolecular Hbond substituents is 1. The van der Waals surface area contributed by atoms with E-state index in [1.807, 2.05) is 152 Å². The highest BCUT2D eigenvalue weighted by molar-refractivity contribution is 7.88. The van der Waals surface area contributed by atoms with E-state index in [0.29, 0.717) is 70.7 Å². The smallest absolute Gasteiger partial charge is 0.508 e. The Morgan fingerprint density at radius 3 is 1.23 bits per heavy atom. The van der Waals surface area contributed by atoms with Crippen molar-refractivity contribution in [1.29, 1.82) is 0 Å². The van der Waals surface area contributed by atoms with Crippen molar-refractivity contribution in [3.05, 3.63) is 317 Å². The maximum Gasteiger partial charge on any atom is 0.534 e. The van der Waals surface area contributed by atoms with Crippen molar-refractivity contribution in [2.24, 2.45) is 0 Å². The predicted molar refractivity (Wildman–Crippen MR) is 468 cm³/mol. The molecule has 11 N–H and O–H groups in total. The molecule has 0 aliphatic heterocycles. The van der Waals surface area contributed by atoms with Crippen LogP contribution >= 0.6 is 0 Å². The minimum atomic E-state index is -5.96. The lowest BCUT2D eigenvalue weighted by Crippen LogP contribution is -2.28. The van der Waals surface area contributed by atoms with Gasteiger partial charge in [-0.3, -0.25) is 14.4 Å². The van der Waals surface area contributed by atoms with Crippen LogP contribution in [0.5, 0.6) is 40.4 Å². The van der Waals surface area contributed by atoms with Crippen molar-refractivity contribution in [2.45, 2.75) is 36.2 Å². The van der Waals surface area contributed by atoms with Crippen molar-refractivity contribution in [3.8, 4) is 40.4 Å². The van der Waals surface area contributed by atoms with Crippen LogP contribution in [0.2, 0.25) is 0 Å². The van der Waals surface area contributed by atoms with Crippen LogP contribution in [-0.2, 0) is 54.8 Å². The van der Waals surface area contributed by atoms with E-state index in [4.69, 9.17) is 30.8 Å². The molecule has 662 valence electrons. The number of anilines is 7. The monoisotopic (exact) mass is 1820 g/mol. The topological polar surface area (TPSA) is 409 Å². The zero-order valence-corrected chi connectivity index (χ0v) is 69.3.